The molecule has 1 atom stereocenters. The molecule has 0 aliphatic carbocycles. The number of rotatable bonds is 5. The van der Waals surface area contributed by atoms with Gasteiger partial charge in [0.15, 0.2) is 0 Å². The first-order valence-electron chi connectivity index (χ1n) is 9.67. The lowest BCUT2D eigenvalue weighted by Crippen LogP contribution is -2.47. The molecule has 6 nitrogen and oxygen atoms in total. The fraction of sp³-hybridized carbons (Fsp3) is 0.476. The zero-order valence-electron chi connectivity index (χ0n) is 16.5. The second kappa shape index (κ2) is 8.54. The third-order valence-corrected chi connectivity index (χ3v) is 5.24. The third-order valence-electron chi connectivity index (χ3n) is 5.24. The zero-order valence-corrected chi connectivity index (χ0v) is 16.5. The average molecular weight is 387 g/mol. The number of hydrogen-bond acceptors (Lipinski definition) is 4. The van der Waals surface area contributed by atoms with Crippen LogP contribution in [0.4, 0.5) is 4.39 Å². The van der Waals surface area contributed by atoms with Crippen LogP contribution in [-0.4, -0.2) is 45.9 Å². The van der Waals surface area contributed by atoms with E-state index in [4.69, 9.17) is 4.52 Å². The Bertz CT molecular complexity index is 832. The molecule has 2 aromatic rings. The van der Waals surface area contributed by atoms with Crippen LogP contribution in [0.3, 0.4) is 0 Å². The normalized spacial score (nSPS) is 17.9. The highest BCUT2D eigenvalue weighted by Gasteiger charge is 2.34. The number of aromatic nitrogens is 1. The number of aryl methyl sites for hydroxylation is 1. The van der Waals surface area contributed by atoms with Crippen LogP contribution in [0.25, 0.3) is 0 Å². The highest BCUT2D eigenvalue weighted by atomic mass is 19.1. The smallest absolute Gasteiger partial charge is 0.259 e. The first kappa shape index (κ1) is 20.0. The van der Waals surface area contributed by atoms with Crippen molar-refractivity contribution in [3.63, 3.8) is 0 Å². The summed E-state index contributed by atoms with van der Waals surface area (Å²) in [5.41, 5.74) is 1.33. The number of nitrogens with zero attached hydrogens (tertiary/aromatic N) is 3. The maximum Gasteiger partial charge on any atom is 0.259 e. The molecular formula is C21H26FN3O3. The largest absolute Gasteiger partial charge is 0.361 e. The number of halogens is 1. The quantitative estimate of drug-likeness (QED) is 0.790. The summed E-state index contributed by atoms with van der Waals surface area (Å²) >= 11 is 0. The third kappa shape index (κ3) is 4.24. The van der Waals surface area contributed by atoms with E-state index >= 15 is 0 Å². The second-order valence-electron chi connectivity index (χ2n) is 7.48. The Morgan fingerprint density at radius 3 is 2.68 bits per heavy atom. The molecule has 2 heterocycles. The van der Waals surface area contributed by atoms with E-state index in [9.17, 15) is 14.0 Å². The van der Waals surface area contributed by atoms with Crippen LogP contribution in [0.1, 0.15) is 48.9 Å². The van der Waals surface area contributed by atoms with Gasteiger partial charge in [-0.3, -0.25) is 9.59 Å². The van der Waals surface area contributed by atoms with Crippen LogP contribution in [0.15, 0.2) is 35.0 Å². The van der Waals surface area contributed by atoms with Crippen molar-refractivity contribution >= 4 is 11.8 Å². The summed E-state index contributed by atoms with van der Waals surface area (Å²) in [5, 5.41) is 3.75. The summed E-state index contributed by atoms with van der Waals surface area (Å²) in [6, 6.07) is 6.05. The molecule has 1 fully saturated rings. The lowest BCUT2D eigenvalue weighted by Gasteiger charge is -2.34. The molecule has 1 aliphatic heterocycles. The van der Waals surface area contributed by atoms with Crippen LogP contribution < -0.4 is 0 Å². The first-order chi connectivity index (χ1) is 13.4. The molecule has 2 amide bonds. The molecule has 1 aromatic carbocycles. The standard InChI is InChI=1S/C21H26FN3O3/c1-4-19-17(11-23-28-19)21(27)24-10-9-20(26)25(18(13-24)14(2)3)12-15-5-7-16(22)8-6-15/h5-8,11,14,18H,4,9-10,12-13H2,1-3H3/t18-/m0/s1. The minimum absolute atomic E-state index is 0.000594. The van der Waals surface area contributed by atoms with E-state index < -0.39 is 0 Å². The second-order valence-corrected chi connectivity index (χ2v) is 7.48. The molecule has 7 heteroatoms. The van der Waals surface area contributed by atoms with Crippen molar-refractivity contribution in [1.29, 1.82) is 0 Å². The Balaban J connectivity index is 1.83. The van der Waals surface area contributed by atoms with E-state index in [-0.39, 0.29) is 36.0 Å². The van der Waals surface area contributed by atoms with Gasteiger partial charge >= 0.3 is 0 Å². The Morgan fingerprint density at radius 2 is 2.04 bits per heavy atom. The SMILES string of the molecule is CCc1oncc1C(=O)N1CCC(=O)N(Cc2ccc(F)cc2)[C@H](C(C)C)C1. The molecule has 3 rings (SSSR count). The van der Waals surface area contributed by atoms with Crippen LogP contribution in [0, 0.1) is 11.7 Å². The lowest BCUT2D eigenvalue weighted by molar-refractivity contribution is -0.134. The molecule has 0 saturated carbocycles. The summed E-state index contributed by atoms with van der Waals surface area (Å²) in [7, 11) is 0. The van der Waals surface area contributed by atoms with E-state index in [1.54, 1.807) is 17.0 Å². The van der Waals surface area contributed by atoms with Gasteiger partial charge in [-0.25, -0.2) is 4.39 Å². The van der Waals surface area contributed by atoms with Gasteiger partial charge in [-0.2, -0.15) is 0 Å². The van der Waals surface area contributed by atoms with E-state index in [0.29, 0.717) is 37.4 Å². The van der Waals surface area contributed by atoms with Gasteiger partial charge in [-0.15, -0.1) is 0 Å². The fourth-order valence-corrected chi connectivity index (χ4v) is 3.59. The highest BCUT2D eigenvalue weighted by molar-refractivity contribution is 5.95. The number of carbonyl (C=O) groups excluding carboxylic acids is 2. The van der Waals surface area contributed by atoms with Crippen molar-refractivity contribution in [2.75, 3.05) is 13.1 Å². The zero-order chi connectivity index (χ0) is 20.3. The summed E-state index contributed by atoms with van der Waals surface area (Å²) in [5.74, 6) is 0.263. The van der Waals surface area contributed by atoms with E-state index in [1.165, 1.54) is 18.3 Å². The lowest BCUT2D eigenvalue weighted by atomic mass is 10.0. The molecule has 0 unspecified atom stereocenters. The minimum atomic E-state index is -0.302. The molecule has 0 spiro atoms. The van der Waals surface area contributed by atoms with E-state index in [2.05, 4.69) is 5.16 Å². The van der Waals surface area contributed by atoms with E-state index in [0.717, 1.165) is 5.56 Å². The summed E-state index contributed by atoms with van der Waals surface area (Å²) < 4.78 is 18.4. The summed E-state index contributed by atoms with van der Waals surface area (Å²) in [6.07, 6.45) is 2.29. The predicted molar refractivity (Wildman–Crippen MR) is 102 cm³/mol. The van der Waals surface area contributed by atoms with Gasteiger partial charge in [0.25, 0.3) is 5.91 Å². The van der Waals surface area contributed by atoms with Crippen molar-refractivity contribution in [1.82, 2.24) is 15.0 Å². The Hall–Kier alpha value is -2.70. The molecule has 1 aromatic heterocycles. The fourth-order valence-electron chi connectivity index (χ4n) is 3.59. The molecule has 0 N–H and O–H groups in total. The number of hydrogen-bond donors (Lipinski definition) is 0. The van der Waals surface area contributed by atoms with Crippen molar-refractivity contribution in [2.24, 2.45) is 5.92 Å². The number of carbonyl (C=O) groups is 2. The van der Waals surface area contributed by atoms with E-state index in [1.807, 2.05) is 25.7 Å². The van der Waals surface area contributed by atoms with Crippen molar-refractivity contribution in [3.05, 3.63) is 53.2 Å². The Kier molecular flexibility index (Phi) is 6.11. The molecule has 0 radical (unpaired) electrons. The first-order valence-corrected chi connectivity index (χ1v) is 9.67. The summed E-state index contributed by atoms with van der Waals surface area (Å²) in [4.78, 5) is 29.4. The van der Waals surface area contributed by atoms with Gasteiger partial charge in [0.2, 0.25) is 5.91 Å². The average Bonchev–Trinajstić information content (AvgIpc) is 3.09. The number of amides is 2. The Labute approximate surface area is 164 Å². The van der Waals surface area contributed by atoms with Crippen LogP contribution in [0.5, 0.6) is 0 Å². The maximum atomic E-state index is 13.2. The van der Waals surface area contributed by atoms with Gasteiger partial charge in [0, 0.05) is 32.5 Å². The molecule has 0 bridgehead atoms. The molecule has 1 aliphatic rings. The number of benzene rings is 1. The van der Waals surface area contributed by atoms with Gasteiger partial charge in [-0.1, -0.05) is 38.1 Å². The van der Waals surface area contributed by atoms with Crippen LogP contribution in [0.2, 0.25) is 0 Å². The van der Waals surface area contributed by atoms with Crippen LogP contribution >= 0.6 is 0 Å². The summed E-state index contributed by atoms with van der Waals surface area (Å²) in [6.45, 7) is 7.19. The van der Waals surface area contributed by atoms with Gasteiger partial charge < -0.3 is 14.3 Å². The topological polar surface area (TPSA) is 66.7 Å². The molecule has 28 heavy (non-hydrogen) atoms. The van der Waals surface area contributed by atoms with Crippen molar-refractivity contribution in [3.8, 4) is 0 Å². The predicted octanol–water partition coefficient (Wildman–Crippen LogP) is 3.28. The molecular weight excluding hydrogens is 361 g/mol. The van der Waals surface area contributed by atoms with Crippen molar-refractivity contribution in [2.45, 2.75) is 46.2 Å². The molecule has 150 valence electrons. The maximum absolute atomic E-state index is 13.2. The highest BCUT2D eigenvalue weighted by Crippen LogP contribution is 2.23. The van der Waals surface area contributed by atoms with Gasteiger partial charge in [-0.05, 0) is 23.6 Å². The minimum Gasteiger partial charge on any atom is -0.361 e. The monoisotopic (exact) mass is 387 g/mol. The Morgan fingerprint density at radius 1 is 1.32 bits per heavy atom. The van der Waals surface area contributed by atoms with Gasteiger partial charge in [0.1, 0.15) is 17.1 Å². The van der Waals surface area contributed by atoms with Gasteiger partial charge in [0.05, 0.1) is 12.2 Å². The van der Waals surface area contributed by atoms with Crippen LogP contribution in [-0.2, 0) is 17.8 Å². The van der Waals surface area contributed by atoms with Crippen molar-refractivity contribution < 1.29 is 18.5 Å². The molecule has 1 saturated heterocycles.